The van der Waals surface area contributed by atoms with Crippen molar-refractivity contribution in [1.29, 1.82) is 0 Å². The van der Waals surface area contributed by atoms with Gasteiger partial charge in [0.15, 0.2) is 0 Å². The molecule has 5 heteroatoms. The first-order chi connectivity index (χ1) is 10.5. The van der Waals surface area contributed by atoms with E-state index in [1.54, 1.807) is 0 Å². The number of hydrogen-bond acceptors (Lipinski definition) is 3. The molecule has 2 rings (SSSR count). The van der Waals surface area contributed by atoms with Gasteiger partial charge in [0.25, 0.3) is 0 Å². The van der Waals surface area contributed by atoms with E-state index in [1.807, 2.05) is 44.1 Å². The molecule has 0 bridgehead atoms. The van der Waals surface area contributed by atoms with Crippen LogP contribution in [-0.2, 0) is 16.1 Å². The van der Waals surface area contributed by atoms with Crippen LogP contribution < -0.4 is 10.6 Å². The number of aryl methyl sites for hydroxylation is 1. The number of nitrogens with one attached hydrogen (secondary N) is 2. The maximum absolute atomic E-state index is 12.1. The SMILES string of the molecule is Cc1cccc(CNC(=O)C2CC2C(=O)NCCN(C)C)c1. The van der Waals surface area contributed by atoms with Gasteiger partial charge in [0.2, 0.25) is 11.8 Å². The summed E-state index contributed by atoms with van der Waals surface area (Å²) < 4.78 is 0. The first-order valence-electron chi connectivity index (χ1n) is 7.73. The molecule has 0 aliphatic heterocycles. The third-order valence-electron chi connectivity index (χ3n) is 3.87. The lowest BCUT2D eigenvalue weighted by atomic mass is 10.1. The Bertz CT molecular complexity index is 542. The van der Waals surface area contributed by atoms with Crippen LogP contribution in [0, 0.1) is 18.8 Å². The summed E-state index contributed by atoms with van der Waals surface area (Å²) in [5.41, 5.74) is 2.26. The lowest BCUT2D eigenvalue weighted by Crippen LogP contribution is -2.34. The quantitative estimate of drug-likeness (QED) is 0.787. The molecule has 1 aliphatic rings. The van der Waals surface area contributed by atoms with Crippen LogP contribution in [0.25, 0.3) is 0 Å². The second-order valence-corrected chi connectivity index (χ2v) is 6.25. The summed E-state index contributed by atoms with van der Waals surface area (Å²) in [7, 11) is 3.93. The van der Waals surface area contributed by atoms with E-state index in [9.17, 15) is 9.59 Å². The number of amides is 2. The first-order valence-corrected chi connectivity index (χ1v) is 7.73. The highest BCUT2D eigenvalue weighted by molar-refractivity contribution is 5.92. The third-order valence-corrected chi connectivity index (χ3v) is 3.87. The van der Waals surface area contributed by atoms with Gasteiger partial charge in [0, 0.05) is 19.6 Å². The number of hydrogen-bond donors (Lipinski definition) is 2. The summed E-state index contributed by atoms with van der Waals surface area (Å²) >= 11 is 0. The zero-order valence-corrected chi connectivity index (χ0v) is 13.6. The number of carbonyl (C=O) groups is 2. The fourth-order valence-electron chi connectivity index (χ4n) is 2.45. The van der Waals surface area contributed by atoms with Crippen LogP contribution >= 0.6 is 0 Å². The second kappa shape index (κ2) is 7.40. The van der Waals surface area contributed by atoms with Gasteiger partial charge in [-0.15, -0.1) is 0 Å². The molecule has 1 aromatic rings. The van der Waals surface area contributed by atoms with E-state index < -0.39 is 0 Å². The average molecular weight is 303 g/mol. The molecule has 0 spiro atoms. The largest absolute Gasteiger partial charge is 0.355 e. The summed E-state index contributed by atoms with van der Waals surface area (Å²) in [6, 6.07) is 8.06. The Labute approximate surface area is 132 Å². The van der Waals surface area contributed by atoms with E-state index >= 15 is 0 Å². The maximum Gasteiger partial charge on any atom is 0.224 e. The highest BCUT2D eigenvalue weighted by atomic mass is 16.2. The van der Waals surface area contributed by atoms with E-state index in [2.05, 4.69) is 16.7 Å². The molecule has 2 unspecified atom stereocenters. The maximum atomic E-state index is 12.1. The van der Waals surface area contributed by atoms with Crippen molar-refractivity contribution in [2.24, 2.45) is 11.8 Å². The van der Waals surface area contributed by atoms with Gasteiger partial charge in [-0.3, -0.25) is 9.59 Å². The van der Waals surface area contributed by atoms with Crippen molar-refractivity contribution >= 4 is 11.8 Å². The summed E-state index contributed by atoms with van der Waals surface area (Å²) in [4.78, 5) is 26.0. The van der Waals surface area contributed by atoms with Gasteiger partial charge >= 0.3 is 0 Å². The number of benzene rings is 1. The van der Waals surface area contributed by atoms with Crippen molar-refractivity contribution in [3.63, 3.8) is 0 Å². The lowest BCUT2D eigenvalue weighted by Gasteiger charge is -2.10. The van der Waals surface area contributed by atoms with Crippen LogP contribution in [0.2, 0.25) is 0 Å². The Balaban J connectivity index is 1.70. The minimum absolute atomic E-state index is 0.00226. The number of carbonyl (C=O) groups excluding carboxylic acids is 2. The van der Waals surface area contributed by atoms with E-state index in [4.69, 9.17) is 0 Å². The number of rotatable bonds is 7. The third kappa shape index (κ3) is 4.84. The monoisotopic (exact) mass is 303 g/mol. The van der Waals surface area contributed by atoms with Gasteiger partial charge in [-0.25, -0.2) is 0 Å². The number of likely N-dealkylation sites (N-methyl/N-ethyl adjacent to an activating group) is 1. The zero-order valence-electron chi connectivity index (χ0n) is 13.6. The standard InChI is InChI=1S/C17H25N3O2/c1-12-5-4-6-13(9-12)11-19-17(22)15-10-14(15)16(21)18-7-8-20(2)3/h4-6,9,14-15H,7-8,10-11H2,1-3H3,(H,18,21)(H,19,22). The van der Waals surface area contributed by atoms with Crippen molar-refractivity contribution < 1.29 is 9.59 Å². The highest BCUT2D eigenvalue weighted by Crippen LogP contribution is 2.38. The molecule has 0 radical (unpaired) electrons. The molecule has 2 N–H and O–H groups in total. The number of nitrogens with zero attached hydrogens (tertiary/aromatic N) is 1. The van der Waals surface area contributed by atoms with Crippen molar-refractivity contribution in [2.45, 2.75) is 19.9 Å². The van der Waals surface area contributed by atoms with Crippen molar-refractivity contribution in [3.05, 3.63) is 35.4 Å². The molecule has 2 atom stereocenters. The molecule has 1 saturated carbocycles. The molecule has 1 fully saturated rings. The van der Waals surface area contributed by atoms with E-state index in [0.29, 0.717) is 19.5 Å². The first kappa shape index (κ1) is 16.5. The molecule has 0 saturated heterocycles. The van der Waals surface area contributed by atoms with E-state index in [-0.39, 0.29) is 23.7 Å². The molecule has 0 heterocycles. The van der Waals surface area contributed by atoms with E-state index in [1.165, 1.54) is 5.56 Å². The van der Waals surface area contributed by atoms with Crippen molar-refractivity contribution in [2.75, 3.05) is 27.2 Å². The highest BCUT2D eigenvalue weighted by Gasteiger charge is 2.47. The Kier molecular flexibility index (Phi) is 5.55. The molecular weight excluding hydrogens is 278 g/mol. The van der Waals surface area contributed by atoms with Crippen LogP contribution in [0.5, 0.6) is 0 Å². The lowest BCUT2D eigenvalue weighted by molar-refractivity contribution is -0.127. The topological polar surface area (TPSA) is 61.4 Å². The normalized spacial score (nSPS) is 19.8. The Morgan fingerprint density at radius 3 is 2.50 bits per heavy atom. The Morgan fingerprint density at radius 2 is 1.86 bits per heavy atom. The molecular formula is C17H25N3O2. The van der Waals surface area contributed by atoms with Gasteiger partial charge in [-0.1, -0.05) is 29.8 Å². The van der Waals surface area contributed by atoms with Gasteiger partial charge in [-0.2, -0.15) is 0 Å². The van der Waals surface area contributed by atoms with Crippen LogP contribution in [0.15, 0.2) is 24.3 Å². The molecule has 2 amide bonds. The fraction of sp³-hybridized carbons (Fsp3) is 0.529. The van der Waals surface area contributed by atoms with Gasteiger partial charge in [0.1, 0.15) is 0 Å². The summed E-state index contributed by atoms with van der Waals surface area (Å²) in [5.74, 6) is -0.337. The molecule has 5 nitrogen and oxygen atoms in total. The second-order valence-electron chi connectivity index (χ2n) is 6.25. The minimum atomic E-state index is -0.163. The average Bonchev–Trinajstić information content (AvgIpc) is 3.25. The van der Waals surface area contributed by atoms with Crippen LogP contribution in [0.3, 0.4) is 0 Å². The van der Waals surface area contributed by atoms with Crippen molar-refractivity contribution in [3.8, 4) is 0 Å². The van der Waals surface area contributed by atoms with Gasteiger partial charge < -0.3 is 15.5 Å². The Morgan fingerprint density at radius 1 is 1.18 bits per heavy atom. The molecule has 1 aliphatic carbocycles. The minimum Gasteiger partial charge on any atom is -0.355 e. The van der Waals surface area contributed by atoms with Crippen LogP contribution in [0.4, 0.5) is 0 Å². The summed E-state index contributed by atoms with van der Waals surface area (Å²) in [6.45, 7) is 3.98. The van der Waals surface area contributed by atoms with Crippen LogP contribution in [0.1, 0.15) is 17.5 Å². The Hall–Kier alpha value is -1.88. The molecule has 1 aromatic carbocycles. The van der Waals surface area contributed by atoms with Gasteiger partial charge in [-0.05, 0) is 33.0 Å². The summed E-state index contributed by atoms with van der Waals surface area (Å²) in [5, 5.41) is 5.80. The van der Waals surface area contributed by atoms with Crippen LogP contribution in [-0.4, -0.2) is 43.9 Å². The predicted molar refractivity (Wildman–Crippen MR) is 86.2 cm³/mol. The summed E-state index contributed by atoms with van der Waals surface area (Å²) in [6.07, 6.45) is 0.660. The molecule has 0 aromatic heterocycles. The fourth-order valence-corrected chi connectivity index (χ4v) is 2.45. The van der Waals surface area contributed by atoms with E-state index in [0.717, 1.165) is 12.1 Å². The predicted octanol–water partition coefficient (Wildman–Crippen LogP) is 0.925. The van der Waals surface area contributed by atoms with Gasteiger partial charge in [0.05, 0.1) is 11.8 Å². The zero-order chi connectivity index (χ0) is 16.1. The molecule has 22 heavy (non-hydrogen) atoms. The van der Waals surface area contributed by atoms with Crippen molar-refractivity contribution in [1.82, 2.24) is 15.5 Å². The smallest absolute Gasteiger partial charge is 0.224 e. The molecule has 120 valence electrons.